The highest BCUT2D eigenvalue weighted by atomic mass is 79.9. The summed E-state index contributed by atoms with van der Waals surface area (Å²) in [6.45, 7) is 4.50. The minimum Gasteiger partial charge on any atom is -0.380 e. The van der Waals surface area contributed by atoms with Gasteiger partial charge in [-0.3, -0.25) is 0 Å². The van der Waals surface area contributed by atoms with Crippen molar-refractivity contribution in [1.82, 2.24) is 5.32 Å². The lowest BCUT2D eigenvalue weighted by molar-refractivity contribution is 0.185. The Balaban J connectivity index is 1.89. The third-order valence-corrected chi connectivity index (χ3v) is 4.05. The lowest BCUT2D eigenvalue weighted by Crippen LogP contribution is -2.12. The topological polar surface area (TPSA) is 21.3 Å². The number of ether oxygens (including phenoxy) is 1. The summed E-state index contributed by atoms with van der Waals surface area (Å²) in [6, 6.07) is 15.0. The third kappa shape index (κ3) is 4.44. The number of hydrogen-bond acceptors (Lipinski definition) is 2. The molecule has 0 aliphatic heterocycles. The highest BCUT2D eigenvalue weighted by molar-refractivity contribution is 9.10. The van der Waals surface area contributed by atoms with Crippen LogP contribution in [-0.2, 0) is 24.4 Å². The molecule has 0 aliphatic carbocycles. The van der Waals surface area contributed by atoms with E-state index < -0.39 is 0 Å². The molecule has 0 unspecified atom stereocenters. The smallest absolute Gasteiger partial charge is 0.0713 e. The van der Waals surface area contributed by atoms with Crippen LogP contribution in [0.1, 0.15) is 22.3 Å². The monoisotopic (exact) mass is 333 g/mol. The van der Waals surface area contributed by atoms with Crippen LogP contribution >= 0.6 is 15.9 Å². The number of benzene rings is 2. The summed E-state index contributed by atoms with van der Waals surface area (Å²) in [5.74, 6) is 0. The van der Waals surface area contributed by atoms with Gasteiger partial charge < -0.3 is 10.1 Å². The number of nitrogens with one attached hydrogen (secondary N) is 1. The van der Waals surface area contributed by atoms with E-state index in [0.717, 1.165) is 13.1 Å². The van der Waals surface area contributed by atoms with E-state index in [1.54, 1.807) is 7.11 Å². The standard InChI is InChI=1S/C17H20BrNO/c1-13-6-7-15(9-17(13)18)11-19-10-14-4-3-5-16(8-14)12-20-2/h3-9,19H,10-12H2,1-2H3. The molecule has 2 nitrogen and oxygen atoms in total. The van der Waals surface area contributed by atoms with Crippen molar-refractivity contribution in [3.8, 4) is 0 Å². The van der Waals surface area contributed by atoms with Crippen molar-refractivity contribution >= 4 is 15.9 Å². The molecule has 3 heteroatoms. The summed E-state index contributed by atoms with van der Waals surface area (Å²) < 4.78 is 6.32. The molecule has 0 amide bonds. The number of hydrogen-bond donors (Lipinski definition) is 1. The van der Waals surface area contributed by atoms with E-state index in [9.17, 15) is 0 Å². The van der Waals surface area contributed by atoms with Crippen molar-refractivity contribution in [2.45, 2.75) is 26.6 Å². The van der Waals surface area contributed by atoms with Gasteiger partial charge in [0.1, 0.15) is 0 Å². The van der Waals surface area contributed by atoms with Gasteiger partial charge in [0.05, 0.1) is 6.61 Å². The van der Waals surface area contributed by atoms with Crippen LogP contribution in [0.25, 0.3) is 0 Å². The number of aryl methyl sites for hydroxylation is 1. The summed E-state index contributed by atoms with van der Waals surface area (Å²) >= 11 is 3.57. The summed E-state index contributed by atoms with van der Waals surface area (Å²) in [4.78, 5) is 0. The molecule has 2 aromatic rings. The van der Waals surface area contributed by atoms with Crippen molar-refractivity contribution in [1.29, 1.82) is 0 Å². The number of rotatable bonds is 6. The molecule has 0 saturated heterocycles. The lowest BCUT2D eigenvalue weighted by Gasteiger charge is -2.08. The van der Waals surface area contributed by atoms with E-state index in [1.165, 1.54) is 26.7 Å². The van der Waals surface area contributed by atoms with Gasteiger partial charge in [-0.15, -0.1) is 0 Å². The maximum absolute atomic E-state index is 5.16. The first-order chi connectivity index (χ1) is 9.69. The van der Waals surface area contributed by atoms with E-state index >= 15 is 0 Å². The van der Waals surface area contributed by atoms with Crippen LogP contribution in [0.5, 0.6) is 0 Å². The maximum atomic E-state index is 5.16. The maximum Gasteiger partial charge on any atom is 0.0713 e. The van der Waals surface area contributed by atoms with Crippen molar-refractivity contribution in [2.24, 2.45) is 0 Å². The second-order valence-corrected chi connectivity index (χ2v) is 5.79. The average molecular weight is 334 g/mol. The Kier molecular flexibility index (Phi) is 5.77. The van der Waals surface area contributed by atoms with Crippen molar-refractivity contribution in [2.75, 3.05) is 7.11 Å². The second-order valence-electron chi connectivity index (χ2n) is 4.94. The Hall–Kier alpha value is -1.16. The van der Waals surface area contributed by atoms with Crippen molar-refractivity contribution in [3.63, 3.8) is 0 Å². The third-order valence-electron chi connectivity index (χ3n) is 3.20. The molecule has 0 spiro atoms. The van der Waals surface area contributed by atoms with Crippen molar-refractivity contribution in [3.05, 3.63) is 69.2 Å². The molecule has 0 bridgehead atoms. The highest BCUT2D eigenvalue weighted by Gasteiger charge is 1.99. The van der Waals surface area contributed by atoms with Crippen LogP contribution in [0, 0.1) is 6.92 Å². The summed E-state index contributed by atoms with van der Waals surface area (Å²) in [5.41, 5.74) is 5.05. The van der Waals surface area contributed by atoms with Crippen LogP contribution in [0.2, 0.25) is 0 Å². The second kappa shape index (κ2) is 7.58. The SMILES string of the molecule is COCc1cccc(CNCc2ccc(C)c(Br)c2)c1. The molecule has 0 heterocycles. The van der Waals surface area contributed by atoms with Crippen LogP contribution in [-0.4, -0.2) is 7.11 Å². The molecule has 0 atom stereocenters. The zero-order chi connectivity index (χ0) is 14.4. The van der Waals surface area contributed by atoms with Gasteiger partial charge in [-0.25, -0.2) is 0 Å². The molecule has 2 rings (SSSR count). The summed E-state index contributed by atoms with van der Waals surface area (Å²) in [7, 11) is 1.72. The Morgan fingerprint density at radius 1 is 1.00 bits per heavy atom. The fourth-order valence-electron chi connectivity index (χ4n) is 2.09. The quantitative estimate of drug-likeness (QED) is 0.855. The van der Waals surface area contributed by atoms with Gasteiger partial charge in [-0.1, -0.05) is 52.3 Å². The zero-order valence-electron chi connectivity index (χ0n) is 11.9. The summed E-state index contributed by atoms with van der Waals surface area (Å²) in [6.07, 6.45) is 0. The molecule has 0 fully saturated rings. The molecule has 0 aliphatic rings. The van der Waals surface area contributed by atoms with Crippen LogP contribution in [0.3, 0.4) is 0 Å². The summed E-state index contributed by atoms with van der Waals surface area (Å²) in [5, 5.41) is 3.47. The van der Waals surface area contributed by atoms with Crippen LogP contribution < -0.4 is 5.32 Å². The van der Waals surface area contributed by atoms with E-state index in [4.69, 9.17) is 4.74 Å². The molecule has 0 saturated carbocycles. The highest BCUT2D eigenvalue weighted by Crippen LogP contribution is 2.17. The first-order valence-corrected chi connectivity index (χ1v) is 7.51. The van der Waals surface area contributed by atoms with Crippen molar-refractivity contribution < 1.29 is 4.74 Å². The minimum absolute atomic E-state index is 0.665. The molecule has 0 radical (unpaired) electrons. The molecule has 2 aromatic carbocycles. The fraction of sp³-hybridized carbons (Fsp3) is 0.294. The van der Waals surface area contributed by atoms with Gasteiger partial charge in [0.2, 0.25) is 0 Å². The zero-order valence-corrected chi connectivity index (χ0v) is 13.5. The minimum atomic E-state index is 0.665. The first kappa shape index (κ1) is 15.2. The Morgan fingerprint density at radius 2 is 1.70 bits per heavy atom. The van der Waals surface area contributed by atoms with E-state index in [2.05, 4.69) is 70.6 Å². The molecular formula is C17H20BrNO. The molecule has 106 valence electrons. The van der Waals surface area contributed by atoms with E-state index in [1.807, 2.05) is 0 Å². The first-order valence-electron chi connectivity index (χ1n) is 6.71. The Bertz CT molecular complexity index is 569. The van der Waals surface area contributed by atoms with Gasteiger partial charge in [-0.2, -0.15) is 0 Å². The molecule has 1 N–H and O–H groups in total. The number of halogens is 1. The van der Waals surface area contributed by atoms with Gasteiger partial charge >= 0.3 is 0 Å². The fourth-order valence-corrected chi connectivity index (χ4v) is 2.52. The largest absolute Gasteiger partial charge is 0.380 e. The van der Waals surface area contributed by atoms with Gasteiger partial charge in [0.25, 0.3) is 0 Å². The predicted molar refractivity (Wildman–Crippen MR) is 86.6 cm³/mol. The Labute approximate surface area is 129 Å². The Morgan fingerprint density at radius 3 is 2.40 bits per heavy atom. The van der Waals surface area contributed by atoms with Gasteiger partial charge in [-0.05, 0) is 35.2 Å². The molecule has 20 heavy (non-hydrogen) atoms. The average Bonchev–Trinajstić information content (AvgIpc) is 2.44. The van der Waals surface area contributed by atoms with Gasteiger partial charge in [0.15, 0.2) is 0 Å². The molecule has 0 aromatic heterocycles. The normalized spacial score (nSPS) is 10.8. The molecular weight excluding hydrogens is 314 g/mol. The van der Waals surface area contributed by atoms with Crippen LogP contribution in [0.15, 0.2) is 46.9 Å². The van der Waals surface area contributed by atoms with Gasteiger partial charge in [0, 0.05) is 24.7 Å². The lowest BCUT2D eigenvalue weighted by atomic mass is 10.1. The predicted octanol–water partition coefficient (Wildman–Crippen LogP) is 4.19. The van der Waals surface area contributed by atoms with E-state index in [0.29, 0.717) is 6.61 Å². The van der Waals surface area contributed by atoms with Crippen LogP contribution in [0.4, 0.5) is 0 Å². The van der Waals surface area contributed by atoms with E-state index in [-0.39, 0.29) is 0 Å². The number of methoxy groups -OCH3 is 1.